The van der Waals surface area contributed by atoms with Gasteiger partial charge in [-0.2, -0.15) is 0 Å². The second kappa shape index (κ2) is 8.61. The Hall–Kier alpha value is -2.69. The third-order valence-electron chi connectivity index (χ3n) is 4.91. The van der Waals surface area contributed by atoms with E-state index in [0.717, 1.165) is 31.4 Å². The van der Waals surface area contributed by atoms with E-state index in [1.54, 1.807) is 36.7 Å². The van der Waals surface area contributed by atoms with E-state index in [-0.39, 0.29) is 11.8 Å². The summed E-state index contributed by atoms with van der Waals surface area (Å²) in [4.78, 5) is 31.3. The highest BCUT2D eigenvalue weighted by Gasteiger charge is 2.26. The highest BCUT2D eigenvalue weighted by Crippen LogP contribution is 2.22. The zero-order chi connectivity index (χ0) is 18.4. The number of hydrogen-bond acceptors (Lipinski definition) is 3. The van der Waals surface area contributed by atoms with Gasteiger partial charge in [0, 0.05) is 42.7 Å². The van der Waals surface area contributed by atoms with Crippen molar-refractivity contribution in [3.8, 4) is 0 Å². The first-order chi connectivity index (χ1) is 12.7. The van der Waals surface area contributed by atoms with Crippen molar-refractivity contribution in [1.82, 2.24) is 15.2 Å². The Morgan fingerprint density at radius 1 is 1.19 bits per heavy atom. The minimum absolute atomic E-state index is 0.0264. The van der Waals surface area contributed by atoms with Crippen LogP contribution in [0.1, 0.15) is 58.9 Å². The topological polar surface area (TPSA) is 62.3 Å². The number of carbonyl (C=O) groups excluding carboxylic acids is 2. The molecule has 1 unspecified atom stereocenters. The lowest BCUT2D eigenvalue weighted by Gasteiger charge is -2.35. The number of pyridine rings is 1. The zero-order valence-electron chi connectivity index (χ0n) is 15.1. The fraction of sp³-hybridized carbons (Fsp3) is 0.381. The van der Waals surface area contributed by atoms with E-state index >= 15 is 0 Å². The number of benzene rings is 1. The van der Waals surface area contributed by atoms with Crippen molar-refractivity contribution < 1.29 is 9.59 Å². The van der Waals surface area contributed by atoms with Crippen molar-refractivity contribution in [2.45, 2.75) is 45.2 Å². The number of hydrogen-bond donors (Lipinski definition) is 1. The van der Waals surface area contributed by atoms with Gasteiger partial charge in [-0.05, 0) is 55.5 Å². The summed E-state index contributed by atoms with van der Waals surface area (Å²) in [5.74, 6) is -0.160. The van der Waals surface area contributed by atoms with Crippen LogP contribution in [0.15, 0.2) is 48.8 Å². The molecule has 26 heavy (non-hydrogen) atoms. The average Bonchev–Trinajstić information content (AvgIpc) is 2.72. The quantitative estimate of drug-likeness (QED) is 0.898. The lowest BCUT2D eigenvalue weighted by molar-refractivity contribution is 0.0608. The molecule has 1 saturated heterocycles. The van der Waals surface area contributed by atoms with E-state index in [9.17, 15) is 9.59 Å². The van der Waals surface area contributed by atoms with Gasteiger partial charge in [-0.3, -0.25) is 14.6 Å². The molecule has 0 saturated carbocycles. The number of likely N-dealkylation sites (tertiary alicyclic amines) is 1. The minimum Gasteiger partial charge on any atom is -0.348 e. The molecule has 0 bridgehead atoms. The molecule has 0 radical (unpaired) electrons. The molecule has 0 spiro atoms. The van der Waals surface area contributed by atoms with Gasteiger partial charge in [-0.1, -0.05) is 19.1 Å². The number of nitrogens with one attached hydrogen (secondary N) is 1. The van der Waals surface area contributed by atoms with Crippen molar-refractivity contribution in [3.05, 3.63) is 65.5 Å². The maximum absolute atomic E-state index is 12.9. The molecule has 2 amide bonds. The van der Waals surface area contributed by atoms with Gasteiger partial charge in [0.25, 0.3) is 11.8 Å². The minimum atomic E-state index is -0.186. The smallest absolute Gasteiger partial charge is 0.254 e. The molecular formula is C21H25N3O2. The van der Waals surface area contributed by atoms with Crippen LogP contribution in [0, 0.1) is 0 Å². The molecule has 2 heterocycles. The fourth-order valence-corrected chi connectivity index (χ4v) is 3.44. The summed E-state index contributed by atoms with van der Waals surface area (Å²) in [5.41, 5.74) is 2.02. The first kappa shape index (κ1) is 18.1. The zero-order valence-corrected chi connectivity index (χ0v) is 15.1. The average molecular weight is 351 g/mol. The van der Waals surface area contributed by atoms with Crippen molar-refractivity contribution in [2.24, 2.45) is 0 Å². The van der Waals surface area contributed by atoms with Crippen LogP contribution in [0.5, 0.6) is 0 Å². The Balaban J connectivity index is 1.69. The van der Waals surface area contributed by atoms with E-state index < -0.39 is 0 Å². The number of nitrogens with zero attached hydrogens (tertiary/aromatic N) is 2. The van der Waals surface area contributed by atoms with Crippen LogP contribution in [0.3, 0.4) is 0 Å². The summed E-state index contributed by atoms with van der Waals surface area (Å²) in [6, 6.07) is 11.1. The van der Waals surface area contributed by atoms with E-state index in [0.29, 0.717) is 23.7 Å². The second-order valence-corrected chi connectivity index (χ2v) is 6.68. The Morgan fingerprint density at radius 3 is 2.81 bits per heavy atom. The summed E-state index contributed by atoms with van der Waals surface area (Å²) >= 11 is 0. The summed E-state index contributed by atoms with van der Waals surface area (Å²) in [7, 11) is 0. The van der Waals surface area contributed by atoms with E-state index in [1.165, 1.54) is 6.42 Å². The molecule has 136 valence electrons. The lowest BCUT2D eigenvalue weighted by atomic mass is 9.98. The molecule has 1 aliphatic rings. The summed E-state index contributed by atoms with van der Waals surface area (Å²) in [5, 5.41) is 2.88. The van der Waals surface area contributed by atoms with Crippen molar-refractivity contribution in [2.75, 3.05) is 6.54 Å². The molecule has 1 fully saturated rings. The van der Waals surface area contributed by atoms with Crippen LogP contribution in [0.4, 0.5) is 0 Å². The maximum atomic E-state index is 12.9. The van der Waals surface area contributed by atoms with Gasteiger partial charge in [0.1, 0.15) is 0 Å². The van der Waals surface area contributed by atoms with Crippen LogP contribution in [0.2, 0.25) is 0 Å². The third kappa shape index (κ3) is 4.28. The molecule has 0 aliphatic carbocycles. The number of rotatable bonds is 5. The normalized spacial score (nSPS) is 17.0. The second-order valence-electron chi connectivity index (χ2n) is 6.68. The standard InChI is InChI=1S/C21H25N3O2/c1-2-19-10-3-4-12-24(19)21(26)18-9-5-8-17(13-18)20(25)23-15-16-7-6-11-22-14-16/h5-9,11,13-14,19H,2-4,10,12,15H2,1H3,(H,23,25). The lowest BCUT2D eigenvalue weighted by Crippen LogP contribution is -2.43. The highest BCUT2D eigenvalue weighted by atomic mass is 16.2. The predicted octanol–water partition coefficient (Wildman–Crippen LogP) is 3.42. The van der Waals surface area contributed by atoms with Crippen LogP contribution >= 0.6 is 0 Å². The number of amides is 2. The Kier molecular flexibility index (Phi) is 6.00. The Labute approximate surface area is 154 Å². The van der Waals surface area contributed by atoms with Crippen molar-refractivity contribution >= 4 is 11.8 Å². The van der Waals surface area contributed by atoms with E-state index in [4.69, 9.17) is 0 Å². The number of piperidine rings is 1. The van der Waals surface area contributed by atoms with Gasteiger partial charge in [0.2, 0.25) is 0 Å². The Bertz CT molecular complexity index is 761. The van der Waals surface area contributed by atoms with Gasteiger partial charge in [0.15, 0.2) is 0 Å². The Morgan fingerprint density at radius 2 is 2.04 bits per heavy atom. The van der Waals surface area contributed by atoms with E-state index in [1.807, 2.05) is 17.0 Å². The number of aromatic nitrogens is 1. The van der Waals surface area contributed by atoms with Crippen LogP contribution in [0.25, 0.3) is 0 Å². The molecule has 5 nitrogen and oxygen atoms in total. The van der Waals surface area contributed by atoms with Crippen molar-refractivity contribution in [3.63, 3.8) is 0 Å². The van der Waals surface area contributed by atoms with Gasteiger partial charge in [-0.15, -0.1) is 0 Å². The first-order valence-electron chi connectivity index (χ1n) is 9.27. The first-order valence-corrected chi connectivity index (χ1v) is 9.27. The summed E-state index contributed by atoms with van der Waals surface area (Å²) in [6.45, 7) is 3.34. The predicted molar refractivity (Wildman–Crippen MR) is 101 cm³/mol. The van der Waals surface area contributed by atoms with Crippen LogP contribution in [-0.2, 0) is 6.54 Å². The van der Waals surface area contributed by atoms with Gasteiger partial charge in [0.05, 0.1) is 0 Å². The molecule has 1 aromatic heterocycles. The monoisotopic (exact) mass is 351 g/mol. The SMILES string of the molecule is CCC1CCCCN1C(=O)c1cccc(C(=O)NCc2cccnc2)c1. The largest absolute Gasteiger partial charge is 0.348 e. The molecule has 5 heteroatoms. The summed E-state index contributed by atoms with van der Waals surface area (Å²) < 4.78 is 0. The van der Waals surface area contributed by atoms with Crippen LogP contribution in [-0.4, -0.2) is 34.3 Å². The molecule has 1 aliphatic heterocycles. The van der Waals surface area contributed by atoms with E-state index in [2.05, 4.69) is 17.2 Å². The van der Waals surface area contributed by atoms with Gasteiger partial charge >= 0.3 is 0 Å². The number of carbonyl (C=O) groups is 2. The molecule has 1 aromatic carbocycles. The van der Waals surface area contributed by atoms with Crippen molar-refractivity contribution in [1.29, 1.82) is 0 Å². The van der Waals surface area contributed by atoms with Gasteiger partial charge < -0.3 is 10.2 Å². The fourth-order valence-electron chi connectivity index (χ4n) is 3.44. The molecule has 1 atom stereocenters. The summed E-state index contributed by atoms with van der Waals surface area (Å²) in [6.07, 6.45) is 7.68. The van der Waals surface area contributed by atoms with Crippen LogP contribution < -0.4 is 5.32 Å². The third-order valence-corrected chi connectivity index (χ3v) is 4.91. The maximum Gasteiger partial charge on any atom is 0.254 e. The molecular weight excluding hydrogens is 326 g/mol. The highest BCUT2D eigenvalue weighted by molar-refractivity contribution is 5.99. The molecule has 1 N–H and O–H groups in total. The van der Waals surface area contributed by atoms with Gasteiger partial charge in [-0.25, -0.2) is 0 Å². The molecule has 2 aromatic rings. The molecule has 3 rings (SSSR count).